The Morgan fingerprint density at radius 3 is 2.50 bits per heavy atom. The first-order valence-electron chi connectivity index (χ1n) is 5.79. The zero-order valence-corrected chi connectivity index (χ0v) is 9.56. The molecule has 0 aromatic rings. The average molecular weight is 215 g/mol. The molecule has 0 heterocycles. The van der Waals surface area contributed by atoms with Crippen molar-refractivity contribution in [3.63, 3.8) is 0 Å². The molecule has 82 valence electrons. The molecule has 0 saturated heterocycles. The Hall–Kier alpha value is 0.270. The van der Waals surface area contributed by atoms with Crippen molar-refractivity contribution in [1.82, 2.24) is 0 Å². The highest BCUT2D eigenvalue weighted by atomic mass is 32.2. The van der Waals surface area contributed by atoms with E-state index in [9.17, 15) is 0 Å². The van der Waals surface area contributed by atoms with Gasteiger partial charge in [0.2, 0.25) is 0 Å². The summed E-state index contributed by atoms with van der Waals surface area (Å²) in [6.07, 6.45) is 8.07. The van der Waals surface area contributed by atoms with Crippen LogP contribution in [-0.4, -0.2) is 28.3 Å². The lowest BCUT2D eigenvalue weighted by molar-refractivity contribution is 0.272. The van der Waals surface area contributed by atoms with Gasteiger partial charge in [-0.3, -0.25) is 0 Å². The van der Waals surface area contributed by atoms with Crippen LogP contribution >= 0.6 is 11.8 Å². The highest BCUT2D eigenvalue weighted by molar-refractivity contribution is 8.01. The van der Waals surface area contributed by atoms with E-state index < -0.39 is 0 Å². The van der Waals surface area contributed by atoms with Gasteiger partial charge in [0, 0.05) is 23.1 Å². The zero-order chi connectivity index (χ0) is 10.0. The van der Waals surface area contributed by atoms with Crippen molar-refractivity contribution < 1.29 is 5.11 Å². The summed E-state index contributed by atoms with van der Waals surface area (Å²) in [5.74, 6) is 0.486. The van der Waals surface area contributed by atoms with Gasteiger partial charge in [0.1, 0.15) is 0 Å². The van der Waals surface area contributed by atoms with Crippen LogP contribution in [-0.2, 0) is 0 Å². The smallest absolute Gasteiger partial charge is 0.0473 e. The number of hydrogen-bond acceptors (Lipinski definition) is 3. The second-order valence-electron chi connectivity index (χ2n) is 4.73. The molecule has 2 unspecified atom stereocenters. The Labute approximate surface area is 90.6 Å². The van der Waals surface area contributed by atoms with Gasteiger partial charge in [-0.1, -0.05) is 19.3 Å². The van der Waals surface area contributed by atoms with Gasteiger partial charge >= 0.3 is 0 Å². The maximum absolute atomic E-state index is 9.13. The normalized spacial score (nSPS) is 38.6. The maximum atomic E-state index is 9.13. The molecule has 0 amide bonds. The third-order valence-corrected chi connectivity index (χ3v) is 5.64. The van der Waals surface area contributed by atoms with E-state index in [1.165, 1.54) is 32.1 Å². The van der Waals surface area contributed by atoms with Crippen LogP contribution in [0.4, 0.5) is 0 Å². The molecular formula is C11H21NOS. The van der Waals surface area contributed by atoms with Gasteiger partial charge in [-0.05, 0) is 25.2 Å². The van der Waals surface area contributed by atoms with Crippen LogP contribution in [0.3, 0.4) is 0 Å². The van der Waals surface area contributed by atoms with E-state index in [0.717, 1.165) is 18.2 Å². The fourth-order valence-electron chi connectivity index (χ4n) is 2.55. The number of nitrogens with two attached hydrogens (primary N) is 1. The largest absolute Gasteiger partial charge is 0.396 e. The van der Waals surface area contributed by atoms with E-state index in [2.05, 4.69) is 11.8 Å². The van der Waals surface area contributed by atoms with Crippen LogP contribution in [0.25, 0.3) is 0 Å². The SMILES string of the molecule is NCC1(SC2CCCCC2)CC1CO. The van der Waals surface area contributed by atoms with Gasteiger partial charge in [0.05, 0.1) is 0 Å². The molecule has 0 radical (unpaired) electrons. The first-order valence-corrected chi connectivity index (χ1v) is 6.67. The topological polar surface area (TPSA) is 46.2 Å². The molecule has 2 fully saturated rings. The van der Waals surface area contributed by atoms with Gasteiger partial charge in [0.15, 0.2) is 0 Å². The number of aliphatic hydroxyl groups excluding tert-OH is 1. The molecule has 0 aromatic carbocycles. The van der Waals surface area contributed by atoms with Gasteiger partial charge in [0.25, 0.3) is 0 Å². The second-order valence-corrected chi connectivity index (χ2v) is 6.45. The van der Waals surface area contributed by atoms with E-state index >= 15 is 0 Å². The first-order chi connectivity index (χ1) is 6.80. The van der Waals surface area contributed by atoms with Crippen LogP contribution in [0.1, 0.15) is 38.5 Å². The molecule has 2 nitrogen and oxygen atoms in total. The minimum absolute atomic E-state index is 0.261. The van der Waals surface area contributed by atoms with Crippen molar-refractivity contribution in [2.45, 2.75) is 48.5 Å². The molecule has 14 heavy (non-hydrogen) atoms. The molecule has 2 rings (SSSR count). The molecule has 3 N–H and O–H groups in total. The van der Waals surface area contributed by atoms with Crippen molar-refractivity contribution in [2.24, 2.45) is 11.7 Å². The Kier molecular flexibility index (Phi) is 3.40. The van der Waals surface area contributed by atoms with Crippen LogP contribution < -0.4 is 5.73 Å². The molecule has 2 saturated carbocycles. The highest BCUT2D eigenvalue weighted by Gasteiger charge is 2.54. The third kappa shape index (κ3) is 2.10. The molecule has 2 atom stereocenters. The summed E-state index contributed by atoms with van der Waals surface area (Å²) in [5.41, 5.74) is 5.82. The highest BCUT2D eigenvalue weighted by Crippen LogP contribution is 2.56. The fourth-order valence-corrected chi connectivity index (χ4v) is 4.44. The van der Waals surface area contributed by atoms with Crippen LogP contribution in [0.15, 0.2) is 0 Å². The van der Waals surface area contributed by atoms with Gasteiger partial charge < -0.3 is 10.8 Å². The lowest BCUT2D eigenvalue weighted by Gasteiger charge is -2.26. The number of hydrogen-bond donors (Lipinski definition) is 2. The van der Waals surface area contributed by atoms with E-state index in [1.807, 2.05) is 0 Å². The summed E-state index contributed by atoms with van der Waals surface area (Å²) in [7, 11) is 0. The summed E-state index contributed by atoms with van der Waals surface area (Å²) < 4.78 is 0.261. The third-order valence-electron chi connectivity index (χ3n) is 3.70. The minimum Gasteiger partial charge on any atom is -0.396 e. The van der Waals surface area contributed by atoms with E-state index in [1.54, 1.807) is 0 Å². The quantitative estimate of drug-likeness (QED) is 0.751. The summed E-state index contributed by atoms with van der Waals surface area (Å²) in [5, 5.41) is 9.96. The van der Waals surface area contributed by atoms with E-state index in [4.69, 9.17) is 10.8 Å². The predicted octanol–water partition coefficient (Wildman–Crippen LogP) is 1.76. The monoisotopic (exact) mass is 215 g/mol. The lowest BCUT2D eigenvalue weighted by atomic mass is 10.0. The molecule has 0 spiro atoms. The van der Waals surface area contributed by atoms with Crippen molar-refractivity contribution in [1.29, 1.82) is 0 Å². The van der Waals surface area contributed by atoms with Crippen molar-refractivity contribution in [3.05, 3.63) is 0 Å². The molecule has 2 aliphatic rings. The standard InChI is InChI=1S/C11H21NOS/c12-8-11(6-9(11)7-13)14-10-4-2-1-3-5-10/h9-10,13H,1-8,12H2. The molecular weight excluding hydrogens is 194 g/mol. The summed E-state index contributed by atoms with van der Waals surface area (Å²) >= 11 is 2.08. The lowest BCUT2D eigenvalue weighted by Crippen LogP contribution is -2.26. The van der Waals surface area contributed by atoms with Crippen molar-refractivity contribution in [3.8, 4) is 0 Å². The second kappa shape index (κ2) is 4.42. The summed E-state index contributed by atoms with van der Waals surface area (Å²) in [4.78, 5) is 0. The Morgan fingerprint density at radius 2 is 2.00 bits per heavy atom. The Bertz CT molecular complexity index is 194. The predicted molar refractivity (Wildman–Crippen MR) is 61.4 cm³/mol. The number of aliphatic hydroxyl groups is 1. The van der Waals surface area contributed by atoms with E-state index in [0.29, 0.717) is 12.5 Å². The van der Waals surface area contributed by atoms with Crippen molar-refractivity contribution >= 4 is 11.8 Å². The number of thioether (sulfide) groups is 1. The maximum Gasteiger partial charge on any atom is 0.0473 e. The molecule has 2 aliphatic carbocycles. The molecule has 0 bridgehead atoms. The van der Waals surface area contributed by atoms with E-state index in [-0.39, 0.29) is 4.75 Å². The molecule has 3 heteroatoms. The van der Waals surface area contributed by atoms with Gasteiger partial charge in [-0.15, -0.1) is 0 Å². The molecule has 0 aromatic heterocycles. The summed E-state index contributed by atoms with van der Waals surface area (Å²) in [6, 6.07) is 0. The first kappa shape index (κ1) is 10.8. The fraction of sp³-hybridized carbons (Fsp3) is 1.00. The van der Waals surface area contributed by atoms with Crippen LogP contribution in [0, 0.1) is 5.92 Å². The van der Waals surface area contributed by atoms with Gasteiger partial charge in [-0.2, -0.15) is 11.8 Å². The molecule has 0 aliphatic heterocycles. The number of rotatable bonds is 4. The Morgan fingerprint density at radius 1 is 1.29 bits per heavy atom. The van der Waals surface area contributed by atoms with Gasteiger partial charge in [-0.25, -0.2) is 0 Å². The van der Waals surface area contributed by atoms with Crippen LogP contribution in [0.5, 0.6) is 0 Å². The zero-order valence-electron chi connectivity index (χ0n) is 8.74. The minimum atomic E-state index is 0.261. The summed E-state index contributed by atoms with van der Waals surface area (Å²) in [6.45, 7) is 1.08. The average Bonchev–Trinajstić information content (AvgIpc) is 2.94. The Balaban J connectivity index is 1.83. The van der Waals surface area contributed by atoms with Crippen molar-refractivity contribution in [2.75, 3.05) is 13.2 Å². The van der Waals surface area contributed by atoms with Crippen LogP contribution in [0.2, 0.25) is 0 Å².